The fraction of sp³-hybridized carbons (Fsp3) is 0.125. The van der Waals surface area contributed by atoms with Crippen molar-refractivity contribution in [3.8, 4) is 0 Å². The molecule has 2 N–H and O–H groups in total. The van der Waals surface area contributed by atoms with E-state index in [1.165, 1.54) is 4.88 Å². The first kappa shape index (κ1) is 8.77. The molecule has 2 rings (SSSR count). The van der Waals surface area contributed by atoms with E-state index in [9.17, 15) is 0 Å². The first-order chi connectivity index (χ1) is 6.25. The molecule has 0 fully saturated rings. The van der Waals surface area contributed by atoms with E-state index in [0.717, 1.165) is 11.0 Å². The first-order valence-electron chi connectivity index (χ1n) is 3.76. The summed E-state index contributed by atoms with van der Waals surface area (Å²) in [6.45, 7) is 0.745. The molecule has 2 aromatic heterocycles. The van der Waals surface area contributed by atoms with Crippen molar-refractivity contribution in [1.29, 1.82) is 0 Å². The molecule has 0 aliphatic heterocycles. The van der Waals surface area contributed by atoms with Gasteiger partial charge in [0.1, 0.15) is 5.82 Å². The summed E-state index contributed by atoms with van der Waals surface area (Å²) in [5, 5.41) is 6.15. The van der Waals surface area contributed by atoms with Crippen molar-refractivity contribution in [2.24, 2.45) is 0 Å². The van der Waals surface area contributed by atoms with Crippen molar-refractivity contribution in [2.75, 3.05) is 5.73 Å². The second-order valence-corrected chi connectivity index (χ2v) is 4.56. The van der Waals surface area contributed by atoms with Crippen LogP contribution in [0.15, 0.2) is 28.2 Å². The van der Waals surface area contributed by atoms with E-state index in [1.807, 2.05) is 0 Å². The van der Waals surface area contributed by atoms with Crippen LogP contribution in [-0.4, -0.2) is 9.78 Å². The Kier molecular flexibility index (Phi) is 2.37. The molecule has 0 radical (unpaired) electrons. The minimum Gasteiger partial charge on any atom is -0.384 e. The number of nitrogens with two attached hydrogens (primary N) is 1. The molecule has 2 heterocycles. The molecule has 2 aromatic rings. The topological polar surface area (TPSA) is 43.8 Å². The maximum absolute atomic E-state index is 5.69. The van der Waals surface area contributed by atoms with Crippen molar-refractivity contribution in [1.82, 2.24) is 9.78 Å². The molecule has 0 bridgehead atoms. The van der Waals surface area contributed by atoms with E-state index < -0.39 is 0 Å². The Morgan fingerprint density at radius 2 is 2.46 bits per heavy atom. The molecule has 0 spiro atoms. The summed E-state index contributed by atoms with van der Waals surface area (Å²) in [7, 11) is 0. The monoisotopic (exact) mass is 257 g/mol. The van der Waals surface area contributed by atoms with Gasteiger partial charge >= 0.3 is 0 Å². The zero-order valence-corrected chi connectivity index (χ0v) is 9.18. The normalized spacial score (nSPS) is 10.5. The Labute approximate surface area is 88.3 Å². The average Bonchev–Trinajstić information content (AvgIpc) is 2.64. The number of rotatable bonds is 2. The third kappa shape index (κ3) is 1.92. The van der Waals surface area contributed by atoms with E-state index in [4.69, 9.17) is 5.73 Å². The van der Waals surface area contributed by atoms with Gasteiger partial charge in [-0.3, -0.25) is 0 Å². The highest BCUT2D eigenvalue weighted by molar-refractivity contribution is 9.10. The van der Waals surface area contributed by atoms with E-state index in [2.05, 4.69) is 32.5 Å². The minimum atomic E-state index is 0.699. The van der Waals surface area contributed by atoms with Crippen LogP contribution in [-0.2, 0) is 6.54 Å². The van der Waals surface area contributed by atoms with Crippen molar-refractivity contribution in [3.05, 3.63) is 33.1 Å². The number of aromatic nitrogens is 2. The number of thiophene rings is 1. The summed E-state index contributed by atoms with van der Waals surface area (Å²) in [5.74, 6) is 0.699. The van der Waals surface area contributed by atoms with Crippen LogP contribution in [0.2, 0.25) is 0 Å². The Morgan fingerprint density at radius 1 is 1.62 bits per heavy atom. The van der Waals surface area contributed by atoms with Crippen LogP contribution in [0.1, 0.15) is 4.88 Å². The van der Waals surface area contributed by atoms with Crippen molar-refractivity contribution < 1.29 is 0 Å². The number of anilines is 1. The lowest BCUT2D eigenvalue weighted by molar-refractivity contribution is 0.705. The molecule has 0 aliphatic carbocycles. The summed E-state index contributed by atoms with van der Waals surface area (Å²) in [4.78, 5) is 1.24. The quantitative estimate of drug-likeness (QED) is 0.898. The predicted octanol–water partition coefficient (Wildman–Crippen LogP) is 2.34. The van der Waals surface area contributed by atoms with Gasteiger partial charge in [-0.25, -0.2) is 4.68 Å². The molecule has 0 unspecified atom stereocenters. The maximum Gasteiger partial charge on any atom is 0.122 e. The second-order valence-electron chi connectivity index (χ2n) is 2.64. The van der Waals surface area contributed by atoms with Gasteiger partial charge in [-0.05, 0) is 28.1 Å². The van der Waals surface area contributed by atoms with Crippen LogP contribution < -0.4 is 5.73 Å². The average molecular weight is 258 g/mol. The van der Waals surface area contributed by atoms with Gasteiger partial charge < -0.3 is 5.73 Å². The molecule has 0 aliphatic rings. The summed E-state index contributed by atoms with van der Waals surface area (Å²) >= 11 is 5.10. The van der Waals surface area contributed by atoms with Crippen LogP contribution in [0.4, 0.5) is 5.82 Å². The standard InChI is InChI=1S/C8H8BrN3S/c9-6-3-7(13-5-6)4-12-8(10)1-2-11-12/h1-3,5H,4,10H2. The fourth-order valence-electron chi connectivity index (χ4n) is 1.06. The minimum absolute atomic E-state index is 0.699. The fourth-order valence-corrected chi connectivity index (χ4v) is 2.49. The van der Waals surface area contributed by atoms with Crippen LogP contribution in [0.3, 0.4) is 0 Å². The van der Waals surface area contributed by atoms with Gasteiger partial charge in [0.25, 0.3) is 0 Å². The van der Waals surface area contributed by atoms with Gasteiger partial charge in [-0.15, -0.1) is 11.3 Å². The van der Waals surface area contributed by atoms with Gasteiger partial charge in [-0.1, -0.05) is 0 Å². The van der Waals surface area contributed by atoms with Crippen molar-refractivity contribution in [3.63, 3.8) is 0 Å². The zero-order chi connectivity index (χ0) is 9.26. The molecule has 0 saturated carbocycles. The SMILES string of the molecule is Nc1ccnn1Cc1cc(Br)cs1. The molecule has 0 aromatic carbocycles. The summed E-state index contributed by atoms with van der Waals surface area (Å²) in [6, 6.07) is 3.87. The first-order valence-corrected chi connectivity index (χ1v) is 5.43. The molecule has 68 valence electrons. The molecular formula is C8H8BrN3S. The van der Waals surface area contributed by atoms with Gasteiger partial charge in [0.15, 0.2) is 0 Å². The van der Waals surface area contributed by atoms with Gasteiger partial charge in [-0.2, -0.15) is 5.10 Å². The van der Waals surface area contributed by atoms with Gasteiger partial charge in [0.05, 0.1) is 12.7 Å². The molecule has 0 amide bonds. The number of nitrogen functional groups attached to an aromatic ring is 1. The Hall–Kier alpha value is -0.810. The third-order valence-corrected chi connectivity index (χ3v) is 3.36. The van der Waals surface area contributed by atoms with E-state index in [0.29, 0.717) is 5.82 Å². The zero-order valence-electron chi connectivity index (χ0n) is 6.77. The molecular weight excluding hydrogens is 250 g/mol. The van der Waals surface area contributed by atoms with E-state index >= 15 is 0 Å². The van der Waals surface area contributed by atoms with Gasteiger partial charge in [0.2, 0.25) is 0 Å². The van der Waals surface area contributed by atoms with Crippen molar-refractivity contribution >= 4 is 33.1 Å². The third-order valence-electron chi connectivity index (χ3n) is 1.68. The van der Waals surface area contributed by atoms with E-state index in [1.54, 1.807) is 28.3 Å². The van der Waals surface area contributed by atoms with Crippen LogP contribution in [0, 0.1) is 0 Å². The van der Waals surface area contributed by atoms with Crippen LogP contribution in [0.25, 0.3) is 0 Å². The highest BCUT2D eigenvalue weighted by Gasteiger charge is 2.01. The molecule has 0 saturated heterocycles. The Balaban J connectivity index is 2.19. The highest BCUT2D eigenvalue weighted by Crippen LogP contribution is 2.20. The van der Waals surface area contributed by atoms with Crippen LogP contribution >= 0.6 is 27.3 Å². The Morgan fingerprint density at radius 3 is 3.00 bits per heavy atom. The van der Waals surface area contributed by atoms with Gasteiger partial charge in [0, 0.05) is 14.7 Å². The molecule has 13 heavy (non-hydrogen) atoms. The lowest BCUT2D eigenvalue weighted by Gasteiger charge is -2.00. The summed E-state index contributed by atoms with van der Waals surface area (Å²) < 4.78 is 2.89. The number of hydrogen-bond acceptors (Lipinski definition) is 3. The molecule has 3 nitrogen and oxygen atoms in total. The second kappa shape index (κ2) is 3.51. The summed E-state index contributed by atoms with van der Waals surface area (Å²) in [6.07, 6.45) is 1.71. The lowest BCUT2D eigenvalue weighted by atomic mass is 10.4. The molecule has 5 heteroatoms. The van der Waals surface area contributed by atoms with Crippen LogP contribution in [0.5, 0.6) is 0 Å². The Bertz CT molecular complexity index is 407. The maximum atomic E-state index is 5.69. The predicted molar refractivity (Wildman–Crippen MR) is 57.8 cm³/mol. The van der Waals surface area contributed by atoms with Crippen molar-refractivity contribution in [2.45, 2.75) is 6.54 Å². The smallest absolute Gasteiger partial charge is 0.122 e. The number of hydrogen-bond donors (Lipinski definition) is 1. The lowest BCUT2D eigenvalue weighted by Crippen LogP contribution is -2.04. The van der Waals surface area contributed by atoms with E-state index in [-0.39, 0.29) is 0 Å². The number of nitrogens with zero attached hydrogens (tertiary/aromatic N) is 2. The summed E-state index contributed by atoms with van der Waals surface area (Å²) in [5.41, 5.74) is 5.69. The number of halogens is 1. The molecule has 0 atom stereocenters. The highest BCUT2D eigenvalue weighted by atomic mass is 79.9. The largest absolute Gasteiger partial charge is 0.384 e.